The highest BCUT2D eigenvalue weighted by molar-refractivity contribution is 5.97. The fourth-order valence-electron chi connectivity index (χ4n) is 8.33. The molecule has 1 unspecified atom stereocenters. The van der Waals surface area contributed by atoms with Crippen LogP contribution >= 0.6 is 0 Å². The maximum atomic E-state index is 14.6. The number of hydrogen-bond acceptors (Lipinski definition) is 12. The molecule has 0 radical (unpaired) electrons. The number of aromatic amines is 1. The first-order valence-electron chi connectivity index (χ1n) is 25.0. The van der Waals surface area contributed by atoms with E-state index >= 15 is 0 Å². The second-order valence-corrected chi connectivity index (χ2v) is 18.5. The van der Waals surface area contributed by atoms with E-state index in [1.54, 1.807) is 18.3 Å². The zero-order chi connectivity index (χ0) is 55.0. The van der Waals surface area contributed by atoms with Crippen molar-refractivity contribution in [2.75, 3.05) is 26.2 Å². The van der Waals surface area contributed by atoms with E-state index < -0.39 is 89.6 Å². The SMILES string of the molecule is C=C(N)C1CCCNC(=O)CC[C@H](NC(=O)[C@H](CCCNC(=N)N)NC(C)=O)C(=O)N[C@@H](CCN)C(=O)N[C@H](Cc2ccc(C)cc2)C(=O)N[C@@H](CCCNC(=N)N)C(=O)N[C@@H](Cc2c[nH]c3ccccc23)C(=O)N1. The first-order valence-corrected chi connectivity index (χ1v) is 25.0. The molecule has 1 aromatic heterocycles. The largest absolute Gasteiger partial charge is 0.401 e. The Kier molecular flexibility index (Phi) is 23.8. The minimum Gasteiger partial charge on any atom is -0.401 e. The van der Waals surface area contributed by atoms with Gasteiger partial charge < -0.3 is 81.1 Å². The third-order valence-corrected chi connectivity index (χ3v) is 12.4. The van der Waals surface area contributed by atoms with Gasteiger partial charge in [0.05, 0.1) is 6.04 Å². The lowest BCUT2D eigenvalue weighted by atomic mass is 10.0. The van der Waals surface area contributed by atoms with Crippen LogP contribution < -0.4 is 76.1 Å². The molecule has 4 rings (SSSR count). The van der Waals surface area contributed by atoms with Crippen LogP contribution in [0.3, 0.4) is 0 Å². The topological polar surface area (TPSA) is 424 Å². The maximum Gasteiger partial charge on any atom is 0.243 e. The van der Waals surface area contributed by atoms with Crippen molar-refractivity contribution in [3.63, 3.8) is 0 Å². The van der Waals surface area contributed by atoms with Gasteiger partial charge in [0.25, 0.3) is 0 Å². The zero-order valence-electron chi connectivity index (χ0n) is 42.6. The molecule has 8 amide bonds. The number of fused-ring (bicyclic) bond motifs is 1. The summed E-state index contributed by atoms with van der Waals surface area (Å²) in [5.41, 5.74) is 26.3. The molecule has 25 nitrogen and oxygen atoms in total. The van der Waals surface area contributed by atoms with Crippen LogP contribution in [0.5, 0.6) is 0 Å². The molecule has 0 saturated carbocycles. The molecule has 2 aromatic carbocycles. The number of rotatable bonds is 18. The maximum absolute atomic E-state index is 14.6. The number of carbonyl (C=O) groups excluding carboxylic acids is 8. The van der Waals surface area contributed by atoms with Crippen molar-refractivity contribution < 1.29 is 38.4 Å². The van der Waals surface area contributed by atoms with Crippen LogP contribution in [0.1, 0.15) is 81.4 Å². The normalized spacial score (nSPS) is 21.1. The number of carbonyl (C=O) groups is 8. The molecule has 1 fully saturated rings. The van der Waals surface area contributed by atoms with E-state index in [2.05, 4.69) is 64.7 Å². The Labute approximate surface area is 435 Å². The third-order valence-electron chi connectivity index (χ3n) is 12.4. The standard InChI is InChI=1S/C50H75N17O8/c1-28-14-16-31(17-15-28)25-40-47(74)63-37(13-8-24-59-50(55)56)44(71)67-41(26-32-27-60-35-10-5-4-9-33(32)35)48(75)62-34(29(2)52)11-6-22-57-42(69)19-18-38(45(72)65-39(20-21-51)46(73)66-40)64-43(70)36(61-30(3)68)12-7-23-58-49(53)54/h4-5,9-10,14-17,27,34,36-41,60H,2,6-8,11-13,18-26,51-52H2,1,3H3,(H,57,69)(H,61,68)(H,62,75)(H,63,74)(H,64,70)(H,65,72)(H,66,73)(H,67,71)(H4,53,54,58)(H4,55,56,59)/t34?,36-,37-,38-,39-,40+,41-/m0/s1. The van der Waals surface area contributed by atoms with Crippen LogP contribution in [0.15, 0.2) is 67.0 Å². The summed E-state index contributed by atoms with van der Waals surface area (Å²) in [4.78, 5) is 115. The Balaban J connectivity index is 1.76. The van der Waals surface area contributed by atoms with Gasteiger partial charge in [0.1, 0.15) is 36.3 Å². The van der Waals surface area contributed by atoms with E-state index in [1.165, 1.54) is 6.92 Å². The van der Waals surface area contributed by atoms with Gasteiger partial charge >= 0.3 is 0 Å². The second kappa shape index (κ2) is 30.1. The number of hydrogen-bond donors (Lipinski definition) is 17. The fraction of sp³-hybridized carbons (Fsp3) is 0.480. The summed E-state index contributed by atoms with van der Waals surface area (Å²) in [6.45, 7) is 7.29. The molecule has 25 heteroatoms. The number of nitrogens with two attached hydrogens (primary N) is 4. The number of aromatic nitrogens is 1. The molecule has 1 aliphatic rings. The van der Waals surface area contributed by atoms with Crippen molar-refractivity contribution >= 4 is 70.1 Å². The quantitative estimate of drug-likeness (QED) is 0.0363. The van der Waals surface area contributed by atoms with E-state index in [1.807, 2.05) is 43.3 Å². The Hall–Kier alpha value is -8.22. The number of aryl methyl sites for hydroxylation is 1. The summed E-state index contributed by atoms with van der Waals surface area (Å²) in [5, 5.41) is 43.0. The second-order valence-electron chi connectivity index (χ2n) is 18.5. The monoisotopic (exact) mass is 1040 g/mol. The molecule has 2 heterocycles. The Bertz CT molecular complexity index is 2500. The Morgan fingerprint density at radius 3 is 1.97 bits per heavy atom. The molecular weight excluding hydrogens is 967 g/mol. The van der Waals surface area contributed by atoms with E-state index in [0.29, 0.717) is 11.1 Å². The predicted octanol–water partition coefficient (Wildman–Crippen LogP) is -2.29. The lowest BCUT2D eigenvalue weighted by Gasteiger charge is -2.28. The van der Waals surface area contributed by atoms with Crippen molar-refractivity contribution in [1.29, 1.82) is 10.8 Å². The number of amides is 8. The summed E-state index contributed by atoms with van der Waals surface area (Å²) in [6, 6.07) is 5.88. The van der Waals surface area contributed by atoms with Crippen LogP contribution in [-0.2, 0) is 51.2 Å². The van der Waals surface area contributed by atoms with Crippen molar-refractivity contribution in [2.24, 2.45) is 22.9 Å². The molecule has 408 valence electrons. The Morgan fingerprint density at radius 2 is 1.33 bits per heavy atom. The average molecular weight is 1040 g/mol. The number of guanidine groups is 2. The molecule has 0 bridgehead atoms. The van der Waals surface area contributed by atoms with Crippen molar-refractivity contribution in [1.82, 2.24) is 58.2 Å². The summed E-state index contributed by atoms with van der Waals surface area (Å²) in [6.07, 6.45) is 1.99. The van der Waals surface area contributed by atoms with Gasteiger partial charge in [0, 0.05) is 68.6 Å². The summed E-state index contributed by atoms with van der Waals surface area (Å²) in [7, 11) is 0. The molecule has 0 aliphatic carbocycles. The minimum absolute atomic E-state index is 0.00226. The first-order chi connectivity index (χ1) is 35.7. The highest BCUT2D eigenvalue weighted by Crippen LogP contribution is 2.20. The van der Waals surface area contributed by atoms with E-state index in [0.717, 1.165) is 16.5 Å². The van der Waals surface area contributed by atoms with Crippen molar-refractivity contribution in [3.8, 4) is 0 Å². The highest BCUT2D eigenvalue weighted by Gasteiger charge is 2.34. The van der Waals surface area contributed by atoms with Gasteiger partial charge in [-0.2, -0.15) is 0 Å². The molecule has 1 aliphatic heterocycles. The highest BCUT2D eigenvalue weighted by atomic mass is 16.2. The molecule has 7 atom stereocenters. The number of nitrogens with one attached hydrogen (secondary N) is 13. The molecule has 75 heavy (non-hydrogen) atoms. The molecular formula is C50H75N17O8. The average Bonchev–Trinajstić information content (AvgIpc) is 3.77. The van der Waals surface area contributed by atoms with Crippen LogP contribution in [-0.4, -0.2) is 133 Å². The zero-order valence-corrected chi connectivity index (χ0v) is 42.6. The first kappa shape index (κ1) is 59.3. The van der Waals surface area contributed by atoms with Gasteiger partial charge in [-0.05, 0) is 82.0 Å². The van der Waals surface area contributed by atoms with Crippen LogP contribution in [0.2, 0.25) is 0 Å². The number of H-pyrrole nitrogens is 1. The van der Waals surface area contributed by atoms with Gasteiger partial charge in [0.2, 0.25) is 47.3 Å². The summed E-state index contributed by atoms with van der Waals surface area (Å²) < 4.78 is 0. The van der Waals surface area contributed by atoms with Gasteiger partial charge in [0.15, 0.2) is 11.9 Å². The van der Waals surface area contributed by atoms with Crippen molar-refractivity contribution in [3.05, 3.63) is 83.7 Å². The smallest absolute Gasteiger partial charge is 0.243 e. The van der Waals surface area contributed by atoms with Crippen LogP contribution in [0.25, 0.3) is 10.9 Å². The van der Waals surface area contributed by atoms with Crippen LogP contribution in [0.4, 0.5) is 0 Å². The van der Waals surface area contributed by atoms with Gasteiger partial charge in [-0.15, -0.1) is 0 Å². The molecule has 0 spiro atoms. The van der Waals surface area contributed by atoms with Crippen molar-refractivity contribution in [2.45, 2.75) is 127 Å². The minimum atomic E-state index is -1.44. The van der Waals surface area contributed by atoms with E-state index in [4.69, 9.17) is 33.8 Å². The fourth-order valence-corrected chi connectivity index (χ4v) is 8.33. The summed E-state index contributed by atoms with van der Waals surface area (Å²) >= 11 is 0. The van der Waals surface area contributed by atoms with E-state index in [-0.39, 0.29) is 114 Å². The lowest BCUT2D eigenvalue weighted by Crippen LogP contribution is -2.60. The number of benzene rings is 2. The van der Waals surface area contributed by atoms with Gasteiger partial charge in [-0.25, -0.2) is 0 Å². The Morgan fingerprint density at radius 1 is 0.747 bits per heavy atom. The van der Waals surface area contributed by atoms with Gasteiger partial charge in [-0.3, -0.25) is 49.2 Å². The molecule has 1 saturated heterocycles. The van der Waals surface area contributed by atoms with Gasteiger partial charge in [-0.1, -0.05) is 54.6 Å². The molecule has 3 aromatic rings. The lowest BCUT2D eigenvalue weighted by molar-refractivity contribution is -0.135. The molecule has 21 N–H and O–H groups in total. The number of para-hydroxylation sites is 1. The van der Waals surface area contributed by atoms with E-state index in [9.17, 15) is 38.4 Å². The summed E-state index contributed by atoms with van der Waals surface area (Å²) in [5.74, 6) is -6.29. The third kappa shape index (κ3) is 20.3. The van der Waals surface area contributed by atoms with Crippen LogP contribution in [0, 0.1) is 17.7 Å². The predicted molar refractivity (Wildman–Crippen MR) is 283 cm³/mol.